The summed E-state index contributed by atoms with van der Waals surface area (Å²) in [5, 5.41) is 6.20. The number of carbonyl (C=O) groups excluding carboxylic acids is 1. The second kappa shape index (κ2) is 7.59. The minimum atomic E-state index is -3.77. The van der Waals surface area contributed by atoms with Crippen LogP contribution in [0, 0.1) is 17.3 Å². The standard InChI is InChI=1S/C25H31N3O3S/c1-25(2)19-9-10-20(25)22(13-19)27-24(29)16-8-11-21(26-3)23(12-16)32(30,31)28-14-17-6-4-5-7-18(17)15-28/h4-8,11-12,19-20,22,26H,9-10,13-15H2,1-3H3,(H,27,29). The van der Waals surface area contributed by atoms with Crippen molar-refractivity contribution in [3.05, 3.63) is 59.2 Å². The van der Waals surface area contributed by atoms with Gasteiger partial charge in [-0.1, -0.05) is 38.1 Å². The Morgan fingerprint density at radius 1 is 1.06 bits per heavy atom. The SMILES string of the molecule is CNc1ccc(C(=O)NC2CC3CCC2C3(C)C)cc1S(=O)(=O)N1Cc2ccccc2C1. The number of nitrogens with zero attached hydrogens (tertiary/aromatic N) is 1. The summed E-state index contributed by atoms with van der Waals surface area (Å²) < 4.78 is 28.6. The maximum Gasteiger partial charge on any atom is 0.251 e. The number of anilines is 1. The molecule has 0 radical (unpaired) electrons. The van der Waals surface area contributed by atoms with E-state index >= 15 is 0 Å². The molecule has 170 valence electrons. The molecule has 2 N–H and O–H groups in total. The van der Waals surface area contributed by atoms with Gasteiger partial charge in [0.05, 0.1) is 5.69 Å². The molecule has 2 bridgehead atoms. The molecule has 5 rings (SSSR count). The first-order valence-corrected chi connectivity index (χ1v) is 12.9. The van der Waals surface area contributed by atoms with E-state index in [1.807, 2.05) is 24.3 Å². The van der Waals surface area contributed by atoms with Gasteiger partial charge in [0.1, 0.15) is 4.90 Å². The molecule has 1 amide bonds. The van der Waals surface area contributed by atoms with E-state index in [1.165, 1.54) is 16.8 Å². The third kappa shape index (κ3) is 3.33. The fourth-order valence-electron chi connectivity index (χ4n) is 6.15. The van der Waals surface area contributed by atoms with E-state index < -0.39 is 10.0 Å². The number of amides is 1. The van der Waals surface area contributed by atoms with Crippen LogP contribution in [0.5, 0.6) is 0 Å². The number of fused-ring (bicyclic) bond motifs is 3. The van der Waals surface area contributed by atoms with Crippen molar-refractivity contribution >= 4 is 21.6 Å². The summed E-state index contributed by atoms with van der Waals surface area (Å²) in [5.41, 5.74) is 3.19. The van der Waals surface area contributed by atoms with Gasteiger partial charge in [-0.25, -0.2) is 8.42 Å². The molecule has 2 fully saturated rings. The van der Waals surface area contributed by atoms with Gasteiger partial charge in [-0.3, -0.25) is 4.79 Å². The molecule has 0 spiro atoms. The summed E-state index contributed by atoms with van der Waals surface area (Å²) in [7, 11) is -2.07. The van der Waals surface area contributed by atoms with Crippen molar-refractivity contribution in [3.63, 3.8) is 0 Å². The molecule has 0 saturated heterocycles. The van der Waals surface area contributed by atoms with Crippen LogP contribution < -0.4 is 10.6 Å². The van der Waals surface area contributed by atoms with Crippen molar-refractivity contribution in [3.8, 4) is 0 Å². The molecule has 3 atom stereocenters. The topological polar surface area (TPSA) is 78.5 Å². The maximum atomic E-state index is 13.5. The molecule has 32 heavy (non-hydrogen) atoms. The minimum absolute atomic E-state index is 0.147. The molecule has 0 aromatic heterocycles. The zero-order chi connectivity index (χ0) is 22.7. The van der Waals surface area contributed by atoms with Crippen molar-refractivity contribution < 1.29 is 13.2 Å². The van der Waals surface area contributed by atoms with Crippen LogP contribution in [0.2, 0.25) is 0 Å². The molecular formula is C25H31N3O3S. The molecule has 6 nitrogen and oxygen atoms in total. The Hall–Kier alpha value is -2.38. The normalized spacial score (nSPS) is 26.2. The van der Waals surface area contributed by atoms with E-state index in [1.54, 1.807) is 19.2 Å². The maximum absolute atomic E-state index is 13.5. The molecule has 1 aliphatic heterocycles. The third-order valence-electron chi connectivity index (χ3n) is 8.12. The Morgan fingerprint density at radius 3 is 2.31 bits per heavy atom. The fraction of sp³-hybridized carbons (Fsp3) is 0.480. The molecule has 1 heterocycles. The highest BCUT2D eigenvalue weighted by molar-refractivity contribution is 7.89. The summed E-state index contributed by atoms with van der Waals surface area (Å²) in [6.45, 7) is 5.31. The largest absolute Gasteiger partial charge is 0.387 e. The first kappa shape index (κ1) is 21.5. The van der Waals surface area contributed by atoms with Crippen LogP contribution in [-0.4, -0.2) is 31.7 Å². The predicted octanol–water partition coefficient (Wildman–Crippen LogP) is 3.99. The summed E-state index contributed by atoms with van der Waals surface area (Å²) in [5.74, 6) is 0.943. The van der Waals surface area contributed by atoms with Crippen LogP contribution in [0.15, 0.2) is 47.4 Å². The molecule has 3 aliphatic rings. The monoisotopic (exact) mass is 453 g/mol. The molecular weight excluding hydrogens is 422 g/mol. The Kier molecular flexibility index (Phi) is 5.09. The van der Waals surface area contributed by atoms with Crippen molar-refractivity contribution in [1.82, 2.24) is 9.62 Å². The van der Waals surface area contributed by atoms with Gasteiger partial charge in [-0.05, 0) is 65.8 Å². The zero-order valence-electron chi connectivity index (χ0n) is 18.9. The summed E-state index contributed by atoms with van der Waals surface area (Å²) in [6.07, 6.45) is 3.40. The van der Waals surface area contributed by atoms with Gasteiger partial charge in [-0.2, -0.15) is 4.31 Å². The van der Waals surface area contributed by atoms with Crippen molar-refractivity contribution in [2.24, 2.45) is 17.3 Å². The van der Waals surface area contributed by atoms with Crippen LogP contribution in [0.3, 0.4) is 0 Å². The highest BCUT2D eigenvalue weighted by atomic mass is 32.2. The van der Waals surface area contributed by atoms with Crippen LogP contribution >= 0.6 is 0 Å². The third-order valence-corrected chi connectivity index (χ3v) is 9.95. The van der Waals surface area contributed by atoms with Gasteiger partial charge < -0.3 is 10.6 Å². The van der Waals surface area contributed by atoms with E-state index in [4.69, 9.17) is 0 Å². The lowest BCUT2D eigenvalue weighted by Crippen LogP contribution is -2.40. The minimum Gasteiger partial charge on any atom is -0.387 e. The highest BCUT2D eigenvalue weighted by Crippen LogP contribution is 2.57. The van der Waals surface area contributed by atoms with Gasteiger partial charge in [0.2, 0.25) is 10.0 Å². The average Bonchev–Trinajstić information content (AvgIpc) is 3.41. The van der Waals surface area contributed by atoms with Crippen molar-refractivity contribution in [2.75, 3.05) is 12.4 Å². The van der Waals surface area contributed by atoms with Gasteiger partial charge in [0.25, 0.3) is 5.91 Å². The predicted molar refractivity (Wildman–Crippen MR) is 125 cm³/mol. The lowest BCUT2D eigenvalue weighted by atomic mass is 9.81. The number of benzene rings is 2. The van der Waals surface area contributed by atoms with Crippen LogP contribution in [0.1, 0.15) is 54.6 Å². The Labute approximate surface area is 190 Å². The molecule has 3 unspecified atom stereocenters. The molecule has 7 heteroatoms. The summed E-state index contributed by atoms with van der Waals surface area (Å²) in [6, 6.07) is 12.9. The van der Waals surface area contributed by atoms with Gasteiger partial charge in [-0.15, -0.1) is 0 Å². The van der Waals surface area contributed by atoms with Crippen LogP contribution in [0.25, 0.3) is 0 Å². The van der Waals surface area contributed by atoms with Crippen molar-refractivity contribution in [2.45, 2.75) is 57.1 Å². The number of carbonyl (C=O) groups is 1. The first-order valence-electron chi connectivity index (χ1n) is 11.4. The van der Waals surface area contributed by atoms with E-state index in [-0.39, 0.29) is 22.3 Å². The van der Waals surface area contributed by atoms with E-state index in [2.05, 4.69) is 24.5 Å². The van der Waals surface area contributed by atoms with Crippen LogP contribution in [0.4, 0.5) is 5.69 Å². The number of hydrogen-bond acceptors (Lipinski definition) is 4. The van der Waals surface area contributed by atoms with Crippen molar-refractivity contribution in [1.29, 1.82) is 0 Å². The van der Waals surface area contributed by atoms with E-state index in [0.717, 1.165) is 24.0 Å². The summed E-state index contributed by atoms with van der Waals surface area (Å²) in [4.78, 5) is 13.3. The second-order valence-electron chi connectivity index (χ2n) is 10.0. The second-order valence-corrected chi connectivity index (χ2v) is 11.9. The number of hydrogen-bond donors (Lipinski definition) is 2. The molecule has 2 aliphatic carbocycles. The quantitative estimate of drug-likeness (QED) is 0.718. The number of sulfonamides is 1. The Balaban J connectivity index is 1.40. The lowest BCUT2D eigenvalue weighted by molar-refractivity contribution is 0.0917. The van der Waals surface area contributed by atoms with Gasteiger partial charge >= 0.3 is 0 Å². The molecule has 2 saturated carbocycles. The lowest BCUT2D eigenvalue weighted by Gasteiger charge is -2.27. The summed E-state index contributed by atoms with van der Waals surface area (Å²) >= 11 is 0. The Morgan fingerprint density at radius 2 is 1.75 bits per heavy atom. The zero-order valence-corrected chi connectivity index (χ0v) is 19.7. The number of nitrogens with one attached hydrogen (secondary N) is 2. The number of rotatable bonds is 5. The highest BCUT2D eigenvalue weighted by Gasteiger charge is 2.53. The first-order chi connectivity index (χ1) is 15.2. The molecule has 2 aromatic carbocycles. The van der Waals surface area contributed by atoms with Gasteiger partial charge in [0, 0.05) is 31.7 Å². The smallest absolute Gasteiger partial charge is 0.251 e. The van der Waals surface area contributed by atoms with E-state index in [9.17, 15) is 13.2 Å². The Bertz CT molecular complexity index is 1150. The average molecular weight is 454 g/mol. The fourth-order valence-corrected chi connectivity index (χ4v) is 7.77. The molecule has 2 aromatic rings. The van der Waals surface area contributed by atoms with Gasteiger partial charge in [0.15, 0.2) is 0 Å². The van der Waals surface area contributed by atoms with E-state index in [0.29, 0.717) is 36.2 Å². The van der Waals surface area contributed by atoms with Crippen LogP contribution in [-0.2, 0) is 23.1 Å².